The predicted octanol–water partition coefficient (Wildman–Crippen LogP) is 3.53. The van der Waals surface area contributed by atoms with E-state index in [-0.39, 0.29) is 30.4 Å². The number of carbonyl (C=O) groups excluding carboxylic acids is 1. The van der Waals surface area contributed by atoms with Crippen molar-refractivity contribution in [3.8, 4) is 0 Å². The van der Waals surface area contributed by atoms with Crippen LogP contribution in [0.15, 0.2) is 64.9 Å². The van der Waals surface area contributed by atoms with Crippen molar-refractivity contribution in [2.24, 2.45) is 0 Å². The summed E-state index contributed by atoms with van der Waals surface area (Å²) in [5.74, 6) is -0.692. The molecule has 0 saturated heterocycles. The fourth-order valence-electron chi connectivity index (χ4n) is 3.09. The molecule has 0 aliphatic rings. The van der Waals surface area contributed by atoms with E-state index < -0.39 is 0 Å². The Labute approximate surface area is 169 Å². The predicted molar refractivity (Wildman–Crippen MR) is 110 cm³/mol. The Morgan fingerprint density at radius 3 is 2.66 bits per heavy atom. The van der Waals surface area contributed by atoms with E-state index in [0.717, 1.165) is 10.7 Å². The van der Waals surface area contributed by atoms with Gasteiger partial charge < -0.3 is 4.90 Å². The first-order chi connectivity index (χ1) is 14.0. The number of aryl methyl sites for hydroxylation is 1. The van der Waals surface area contributed by atoms with E-state index in [1.807, 2.05) is 18.4 Å². The summed E-state index contributed by atoms with van der Waals surface area (Å²) < 4.78 is 14.8. The molecule has 4 aromatic rings. The van der Waals surface area contributed by atoms with Crippen LogP contribution in [-0.4, -0.2) is 20.4 Å². The molecule has 8 heteroatoms. The number of rotatable bonds is 5. The van der Waals surface area contributed by atoms with E-state index in [1.165, 1.54) is 39.1 Å². The van der Waals surface area contributed by atoms with Crippen LogP contribution >= 0.6 is 11.3 Å². The first-order valence-corrected chi connectivity index (χ1v) is 9.81. The third-order valence-corrected chi connectivity index (χ3v) is 5.29. The second kappa shape index (κ2) is 7.92. The number of aromatic nitrogens is 3. The fraction of sp³-hybridized carbons (Fsp3) is 0.143. The molecule has 29 heavy (non-hydrogen) atoms. The molecule has 0 spiro atoms. The van der Waals surface area contributed by atoms with Crippen LogP contribution in [0, 0.1) is 12.7 Å². The van der Waals surface area contributed by atoms with Gasteiger partial charge in [0.05, 0.1) is 34.5 Å². The highest BCUT2D eigenvalue weighted by atomic mass is 32.1. The third kappa shape index (κ3) is 4.07. The molecule has 0 N–H and O–H groups in total. The minimum absolute atomic E-state index is 0.164. The molecular weight excluding hydrogens is 391 g/mol. The van der Waals surface area contributed by atoms with Gasteiger partial charge in [0.15, 0.2) is 0 Å². The van der Waals surface area contributed by atoms with Crippen LogP contribution in [0.1, 0.15) is 10.7 Å². The molecule has 4 rings (SSSR count). The van der Waals surface area contributed by atoms with Gasteiger partial charge in [-0.1, -0.05) is 12.1 Å². The molecule has 0 saturated carbocycles. The number of amides is 1. The fourth-order valence-corrected chi connectivity index (χ4v) is 3.69. The van der Waals surface area contributed by atoms with Crippen LogP contribution in [0.3, 0.4) is 0 Å². The van der Waals surface area contributed by atoms with Crippen molar-refractivity contribution in [2.75, 3.05) is 4.90 Å². The van der Waals surface area contributed by atoms with E-state index in [1.54, 1.807) is 30.3 Å². The topological polar surface area (TPSA) is 68.1 Å². The molecule has 0 aliphatic heterocycles. The van der Waals surface area contributed by atoms with Crippen LogP contribution < -0.4 is 10.5 Å². The third-order valence-electron chi connectivity index (χ3n) is 4.47. The van der Waals surface area contributed by atoms with E-state index in [9.17, 15) is 14.0 Å². The van der Waals surface area contributed by atoms with Crippen molar-refractivity contribution < 1.29 is 9.18 Å². The number of anilines is 1. The van der Waals surface area contributed by atoms with E-state index >= 15 is 0 Å². The van der Waals surface area contributed by atoms with Gasteiger partial charge in [-0.25, -0.2) is 14.4 Å². The Morgan fingerprint density at radius 2 is 1.93 bits per heavy atom. The maximum atomic E-state index is 13.4. The van der Waals surface area contributed by atoms with Crippen molar-refractivity contribution in [1.29, 1.82) is 0 Å². The van der Waals surface area contributed by atoms with Gasteiger partial charge in [-0.15, -0.1) is 11.3 Å². The van der Waals surface area contributed by atoms with Crippen molar-refractivity contribution in [3.63, 3.8) is 0 Å². The average molecular weight is 408 g/mol. The highest BCUT2D eigenvalue weighted by Gasteiger charge is 2.19. The Bertz CT molecular complexity index is 1230. The lowest BCUT2D eigenvalue weighted by Gasteiger charge is -2.23. The van der Waals surface area contributed by atoms with Crippen LogP contribution in [-0.2, 0) is 17.9 Å². The number of benzene rings is 2. The van der Waals surface area contributed by atoms with Crippen molar-refractivity contribution in [3.05, 3.63) is 87.0 Å². The summed E-state index contributed by atoms with van der Waals surface area (Å²) >= 11 is 1.49. The molecule has 6 nitrogen and oxygen atoms in total. The molecular formula is C21H17FN4O2S. The highest BCUT2D eigenvalue weighted by molar-refractivity contribution is 7.09. The molecule has 146 valence electrons. The number of halogens is 1. The first-order valence-electron chi connectivity index (χ1n) is 8.93. The zero-order chi connectivity index (χ0) is 20.4. The largest absolute Gasteiger partial charge is 0.305 e. The summed E-state index contributed by atoms with van der Waals surface area (Å²) in [5.41, 5.74) is 2.12. The summed E-state index contributed by atoms with van der Waals surface area (Å²) in [5, 5.41) is 2.77. The van der Waals surface area contributed by atoms with Gasteiger partial charge in [-0.05, 0) is 43.3 Å². The van der Waals surface area contributed by atoms with Crippen LogP contribution in [0.2, 0.25) is 0 Å². The zero-order valence-electron chi connectivity index (χ0n) is 15.6. The number of carbonyl (C=O) groups is 1. The summed E-state index contributed by atoms with van der Waals surface area (Å²) in [6.45, 7) is 1.95. The lowest BCUT2D eigenvalue weighted by Crippen LogP contribution is -2.36. The summed E-state index contributed by atoms with van der Waals surface area (Å²) in [7, 11) is 0. The standard InChI is InChI=1S/C21H17FN4O2S/c1-14-24-16(13-29-14)11-25(17-8-6-15(22)7-9-17)21(28)12-26-19-5-3-2-4-18(19)23-10-20(26)27/h2-10,13H,11-12H2,1H3. The second-order valence-electron chi connectivity index (χ2n) is 6.49. The monoisotopic (exact) mass is 408 g/mol. The molecule has 2 aromatic heterocycles. The molecule has 0 fully saturated rings. The van der Waals surface area contributed by atoms with Crippen LogP contribution in [0.5, 0.6) is 0 Å². The normalized spacial score (nSPS) is 11.0. The summed E-state index contributed by atoms with van der Waals surface area (Å²) in [6, 6.07) is 12.8. The first kappa shape index (κ1) is 18.9. The van der Waals surface area contributed by atoms with Gasteiger partial charge in [0.2, 0.25) is 5.91 Å². The summed E-state index contributed by atoms with van der Waals surface area (Å²) in [6.07, 6.45) is 1.21. The van der Waals surface area contributed by atoms with Crippen LogP contribution in [0.4, 0.5) is 10.1 Å². The smallest absolute Gasteiger partial charge is 0.269 e. The molecule has 0 radical (unpaired) electrons. The number of thiazole rings is 1. The maximum Gasteiger partial charge on any atom is 0.269 e. The highest BCUT2D eigenvalue weighted by Crippen LogP contribution is 2.20. The minimum Gasteiger partial charge on any atom is -0.305 e. The average Bonchev–Trinajstić information content (AvgIpc) is 3.14. The van der Waals surface area contributed by atoms with Crippen LogP contribution in [0.25, 0.3) is 11.0 Å². The lowest BCUT2D eigenvalue weighted by atomic mass is 10.2. The summed E-state index contributed by atoms with van der Waals surface area (Å²) in [4.78, 5) is 35.7. The number of hydrogen-bond donors (Lipinski definition) is 0. The van der Waals surface area contributed by atoms with E-state index in [2.05, 4.69) is 9.97 Å². The Morgan fingerprint density at radius 1 is 1.17 bits per heavy atom. The lowest BCUT2D eigenvalue weighted by molar-refractivity contribution is -0.119. The molecule has 1 amide bonds. The van der Waals surface area contributed by atoms with Gasteiger partial charge in [-0.2, -0.15) is 0 Å². The van der Waals surface area contributed by atoms with E-state index in [4.69, 9.17) is 0 Å². The number of para-hydroxylation sites is 2. The number of hydrogen-bond acceptors (Lipinski definition) is 5. The SMILES string of the molecule is Cc1nc(CN(C(=O)Cn2c(=O)cnc3ccccc32)c2ccc(F)cc2)cs1. The Kier molecular flexibility index (Phi) is 5.18. The number of nitrogens with zero attached hydrogens (tertiary/aromatic N) is 4. The quantitative estimate of drug-likeness (QED) is 0.507. The number of fused-ring (bicyclic) bond motifs is 1. The van der Waals surface area contributed by atoms with Gasteiger partial charge in [-0.3, -0.25) is 14.2 Å². The maximum absolute atomic E-state index is 13.4. The van der Waals surface area contributed by atoms with E-state index in [0.29, 0.717) is 16.7 Å². The molecule has 0 atom stereocenters. The van der Waals surface area contributed by atoms with Gasteiger partial charge in [0.25, 0.3) is 5.56 Å². The van der Waals surface area contributed by atoms with Crippen molar-refractivity contribution in [1.82, 2.24) is 14.5 Å². The van der Waals surface area contributed by atoms with Gasteiger partial charge >= 0.3 is 0 Å². The van der Waals surface area contributed by atoms with Crippen molar-refractivity contribution >= 4 is 34.0 Å². The molecule has 2 aromatic carbocycles. The Hall–Kier alpha value is -3.39. The van der Waals surface area contributed by atoms with Gasteiger partial charge in [0, 0.05) is 11.1 Å². The molecule has 0 unspecified atom stereocenters. The minimum atomic E-state index is -0.387. The second-order valence-corrected chi connectivity index (χ2v) is 7.55. The zero-order valence-corrected chi connectivity index (χ0v) is 16.4. The van der Waals surface area contributed by atoms with Crippen molar-refractivity contribution in [2.45, 2.75) is 20.0 Å². The molecule has 0 aliphatic carbocycles. The molecule has 0 bridgehead atoms. The Balaban J connectivity index is 1.71. The van der Waals surface area contributed by atoms with Gasteiger partial charge in [0.1, 0.15) is 12.4 Å². The molecule has 2 heterocycles.